The van der Waals surface area contributed by atoms with Gasteiger partial charge in [0, 0.05) is 11.8 Å². The predicted molar refractivity (Wildman–Crippen MR) is 142 cm³/mol. The smallest absolute Gasteiger partial charge is 0.333 e. The van der Waals surface area contributed by atoms with Crippen LogP contribution in [0.5, 0.6) is 0 Å². The summed E-state index contributed by atoms with van der Waals surface area (Å²) in [4.78, 5) is 36.9. The van der Waals surface area contributed by atoms with Gasteiger partial charge in [-0.25, -0.2) is 9.36 Å². The number of aryl methyl sites for hydroxylation is 1. The van der Waals surface area contributed by atoms with Gasteiger partial charge in [-0.05, 0) is 43.2 Å². The fourth-order valence-corrected chi connectivity index (χ4v) is 5.81. The van der Waals surface area contributed by atoms with Gasteiger partial charge in [0.2, 0.25) is 0 Å². The molecule has 2 rings (SSSR count). The molecule has 0 aliphatic carbocycles. The van der Waals surface area contributed by atoms with E-state index in [1.165, 1.54) is 13.1 Å². The second-order valence-corrected chi connectivity index (χ2v) is 22.3. The Labute approximate surface area is 215 Å². The van der Waals surface area contributed by atoms with Crippen molar-refractivity contribution in [2.24, 2.45) is 0 Å². The molecule has 0 spiro atoms. The number of carboxylic acids is 1. The van der Waals surface area contributed by atoms with E-state index in [0.717, 1.165) is 4.57 Å². The minimum Gasteiger partial charge on any atom is -0.480 e. The lowest BCUT2D eigenvalue weighted by molar-refractivity contribution is -0.137. The molecule has 2 heterocycles. The number of hydrogen-bond acceptors (Lipinski definition) is 7. The number of nitrogens with zero attached hydrogens (tertiary/aromatic N) is 2. The van der Waals surface area contributed by atoms with Gasteiger partial charge in [0.15, 0.2) is 22.9 Å². The minimum absolute atomic E-state index is 0.0419. The van der Waals surface area contributed by atoms with E-state index in [2.05, 4.69) is 67.7 Å². The van der Waals surface area contributed by atoms with E-state index < -0.39 is 64.9 Å². The summed E-state index contributed by atoms with van der Waals surface area (Å²) >= 11 is 0. The molecule has 0 aromatic carbocycles. The summed E-state index contributed by atoms with van der Waals surface area (Å²) in [5.41, 5.74) is -1.40. The highest BCUT2D eigenvalue weighted by Gasteiger charge is 2.51. The average Bonchev–Trinajstić information content (AvgIpc) is 2.99. The third-order valence-electron chi connectivity index (χ3n) is 7.90. The third-order valence-corrected chi connectivity index (χ3v) is 16.9. The topological polar surface area (TPSA) is 129 Å². The maximum absolute atomic E-state index is 13.1. The van der Waals surface area contributed by atoms with Gasteiger partial charge in [-0.1, -0.05) is 41.5 Å². The van der Waals surface area contributed by atoms with Gasteiger partial charge in [-0.3, -0.25) is 14.2 Å². The van der Waals surface area contributed by atoms with Crippen LogP contribution in [0.2, 0.25) is 36.3 Å². The number of rotatable bonds is 8. The van der Waals surface area contributed by atoms with Crippen molar-refractivity contribution < 1.29 is 28.6 Å². The Morgan fingerprint density at radius 1 is 1.06 bits per heavy atom. The SMILES string of the molecule is Cc1cn([C@@H]2O[C@H](CO[Si](C)(C)C(C)(C)C)[C@@H](O[Si](C)(C)C(C)(C)C)[C@H]2O)c(=O)n(CC(=O)O)c1=O. The van der Waals surface area contributed by atoms with E-state index in [1.54, 1.807) is 0 Å². The molecule has 4 atom stereocenters. The molecule has 1 fully saturated rings. The summed E-state index contributed by atoms with van der Waals surface area (Å²) in [6, 6.07) is 0. The van der Waals surface area contributed by atoms with Crippen LogP contribution in [-0.2, 0) is 24.9 Å². The fourth-order valence-electron chi connectivity index (χ4n) is 3.47. The first-order valence-electron chi connectivity index (χ1n) is 12.3. The maximum atomic E-state index is 13.1. The van der Waals surface area contributed by atoms with Gasteiger partial charge in [0.1, 0.15) is 24.9 Å². The van der Waals surface area contributed by atoms with Crippen LogP contribution in [0.4, 0.5) is 0 Å². The molecule has 1 saturated heterocycles. The second-order valence-electron chi connectivity index (χ2n) is 12.8. The van der Waals surface area contributed by atoms with Crippen molar-refractivity contribution in [3.05, 3.63) is 32.6 Å². The molecule has 36 heavy (non-hydrogen) atoms. The molecule has 10 nitrogen and oxygen atoms in total. The summed E-state index contributed by atoms with van der Waals surface area (Å²) < 4.78 is 21.0. The van der Waals surface area contributed by atoms with Crippen LogP contribution in [0.1, 0.15) is 53.3 Å². The second kappa shape index (κ2) is 10.3. The molecule has 2 N–H and O–H groups in total. The zero-order valence-corrected chi connectivity index (χ0v) is 25.5. The minimum atomic E-state index is -2.37. The number of aliphatic carboxylic acids is 1. The molecule has 1 aromatic rings. The molecule has 1 aliphatic rings. The van der Waals surface area contributed by atoms with Crippen LogP contribution >= 0.6 is 0 Å². The molecule has 0 unspecified atom stereocenters. The molecule has 0 amide bonds. The Balaban J connectivity index is 2.53. The highest BCUT2D eigenvalue weighted by Crippen LogP contribution is 2.42. The highest BCUT2D eigenvalue weighted by molar-refractivity contribution is 6.74. The number of hydrogen-bond donors (Lipinski definition) is 2. The van der Waals surface area contributed by atoms with Gasteiger partial charge >= 0.3 is 11.7 Å². The zero-order chi connectivity index (χ0) is 28.0. The molecule has 12 heteroatoms. The molecule has 0 bridgehead atoms. The normalized spacial score (nSPS) is 23.8. The van der Waals surface area contributed by atoms with Crippen molar-refractivity contribution in [1.82, 2.24) is 9.13 Å². The first-order chi connectivity index (χ1) is 16.1. The van der Waals surface area contributed by atoms with Crippen LogP contribution in [0, 0.1) is 6.92 Å². The first kappa shape index (κ1) is 30.6. The molecule has 0 radical (unpaired) electrons. The Bertz CT molecular complexity index is 1080. The highest BCUT2D eigenvalue weighted by atomic mass is 28.4. The fraction of sp³-hybridized carbons (Fsp3) is 0.792. The molecular formula is C24H44N2O8Si2. The average molecular weight is 545 g/mol. The largest absolute Gasteiger partial charge is 0.480 e. The summed E-state index contributed by atoms with van der Waals surface area (Å²) in [5.74, 6) is -1.32. The Morgan fingerprint density at radius 3 is 2.06 bits per heavy atom. The van der Waals surface area contributed by atoms with Crippen molar-refractivity contribution in [3.8, 4) is 0 Å². The number of aliphatic hydroxyl groups is 1. The van der Waals surface area contributed by atoms with Crippen molar-refractivity contribution in [2.75, 3.05) is 6.61 Å². The molecule has 1 aromatic heterocycles. The monoisotopic (exact) mass is 544 g/mol. The van der Waals surface area contributed by atoms with Crippen molar-refractivity contribution >= 4 is 22.6 Å². The number of carbonyl (C=O) groups is 1. The van der Waals surface area contributed by atoms with Gasteiger partial charge in [-0.15, -0.1) is 0 Å². The summed E-state index contributed by atoms with van der Waals surface area (Å²) in [6.45, 7) is 21.9. The quantitative estimate of drug-likeness (QED) is 0.478. The standard InChI is InChI=1S/C24H44N2O8Si2/c1-15-12-26(22(31)25(20(15)30)13-17(27)28)21-18(29)19(34-36(10,11)24(5,6)7)16(33-21)14-32-35(8,9)23(2,3)4/h12,16,18-19,21,29H,13-14H2,1-11H3,(H,27,28)/t16-,18-,19-,21-/m1/s1. The molecular weight excluding hydrogens is 500 g/mol. The summed E-state index contributed by atoms with van der Waals surface area (Å²) in [5, 5.41) is 20.4. The third kappa shape index (κ3) is 6.28. The van der Waals surface area contributed by atoms with Crippen LogP contribution < -0.4 is 11.2 Å². The first-order valence-corrected chi connectivity index (χ1v) is 18.1. The van der Waals surface area contributed by atoms with E-state index in [4.69, 9.17) is 13.6 Å². The number of carboxylic acid groups (broad SMARTS) is 1. The Kier molecular flexibility index (Phi) is 8.76. The zero-order valence-electron chi connectivity index (χ0n) is 23.5. The predicted octanol–water partition coefficient (Wildman–Crippen LogP) is 3.07. The molecule has 206 valence electrons. The number of aliphatic hydroxyl groups excluding tert-OH is 1. The van der Waals surface area contributed by atoms with Gasteiger partial charge < -0.3 is 23.8 Å². The van der Waals surface area contributed by atoms with E-state index in [1.807, 2.05) is 0 Å². The van der Waals surface area contributed by atoms with Crippen molar-refractivity contribution in [2.45, 2.75) is 116 Å². The van der Waals surface area contributed by atoms with Gasteiger partial charge in [0.05, 0.1) is 6.61 Å². The molecule has 1 aliphatic heterocycles. The lowest BCUT2D eigenvalue weighted by Gasteiger charge is -2.41. The lowest BCUT2D eigenvalue weighted by Crippen LogP contribution is -2.51. The van der Waals surface area contributed by atoms with E-state index in [-0.39, 0.29) is 22.2 Å². The van der Waals surface area contributed by atoms with Crippen LogP contribution in [0.25, 0.3) is 0 Å². The van der Waals surface area contributed by atoms with Crippen molar-refractivity contribution in [3.63, 3.8) is 0 Å². The molecule has 0 saturated carbocycles. The lowest BCUT2D eigenvalue weighted by atomic mass is 10.1. The van der Waals surface area contributed by atoms with E-state index in [9.17, 15) is 24.6 Å². The Hall–Kier alpha value is -1.58. The number of ether oxygens (including phenoxy) is 1. The summed E-state index contributed by atoms with van der Waals surface area (Å²) in [6.07, 6.45) is -2.54. The Morgan fingerprint density at radius 2 is 1.58 bits per heavy atom. The van der Waals surface area contributed by atoms with Gasteiger partial charge in [0.25, 0.3) is 5.56 Å². The van der Waals surface area contributed by atoms with Gasteiger partial charge in [-0.2, -0.15) is 0 Å². The van der Waals surface area contributed by atoms with E-state index >= 15 is 0 Å². The van der Waals surface area contributed by atoms with Crippen LogP contribution in [0.3, 0.4) is 0 Å². The number of aromatic nitrogens is 2. The van der Waals surface area contributed by atoms with E-state index in [0.29, 0.717) is 4.57 Å². The van der Waals surface area contributed by atoms with Crippen LogP contribution in [0.15, 0.2) is 15.8 Å². The van der Waals surface area contributed by atoms with Crippen molar-refractivity contribution in [1.29, 1.82) is 0 Å². The van der Waals surface area contributed by atoms with Crippen LogP contribution in [-0.4, -0.2) is 66.9 Å². The maximum Gasteiger partial charge on any atom is 0.333 e. The summed E-state index contributed by atoms with van der Waals surface area (Å²) in [7, 11) is -4.53.